The first kappa shape index (κ1) is 17.8. The zero-order chi connectivity index (χ0) is 18.7. The van der Waals surface area contributed by atoms with Crippen LogP contribution >= 0.6 is 11.8 Å². The van der Waals surface area contributed by atoms with E-state index in [1.54, 1.807) is 30.0 Å². The van der Waals surface area contributed by atoms with Crippen LogP contribution in [0.2, 0.25) is 0 Å². The van der Waals surface area contributed by atoms with Gasteiger partial charge >= 0.3 is 0 Å². The van der Waals surface area contributed by atoms with E-state index in [4.69, 9.17) is 11.0 Å². The number of nitrogens with two attached hydrogens (primary N) is 1. The van der Waals surface area contributed by atoms with E-state index >= 15 is 0 Å². The van der Waals surface area contributed by atoms with Crippen molar-refractivity contribution >= 4 is 29.2 Å². The lowest BCUT2D eigenvalue weighted by atomic mass is 10.1. The third-order valence-electron chi connectivity index (χ3n) is 3.80. The number of rotatable bonds is 4. The summed E-state index contributed by atoms with van der Waals surface area (Å²) in [6.07, 6.45) is 0. The van der Waals surface area contributed by atoms with Gasteiger partial charge in [-0.15, -0.1) is 0 Å². The van der Waals surface area contributed by atoms with Crippen molar-refractivity contribution in [3.8, 4) is 6.07 Å². The highest BCUT2D eigenvalue weighted by Gasteiger charge is 2.10. The van der Waals surface area contributed by atoms with E-state index in [0.29, 0.717) is 17.3 Å². The molecule has 0 aliphatic heterocycles. The molecule has 0 atom stereocenters. The molecule has 3 N–H and O–H groups in total. The molecule has 5 nitrogen and oxygen atoms in total. The summed E-state index contributed by atoms with van der Waals surface area (Å²) in [5, 5.41) is 12.8. The molecule has 130 valence electrons. The van der Waals surface area contributed by atoms with Crippen molar-refractivity contribution < 1.29 is 0 Å². The normalized spacial score (nSPS) is 10.4. The van der Waals surface area contributed by atoms with Gasteiger partial charge in [0.05, 0.1) is 11.6 Å². The number of nitrogens with zero attached hydrogens (tertiary/aromatic N) is 3. The lowest BCUT2D eigenvalue weighted by Gasteiger charge is -2.12. The van der Waals surface area contributed by atoms with Gasteiger partial charge in [0.15, 0.2) is 0 Å². The Hall–Kier alpha value is -3.04. The zero-order valence-electron chi connectivity index (χ0n) is 14.9. The molecule has 0 spiro atoms. The second kappa shape index (κ2) is 7.46. The lowest BCUT2D eigenvalue weighted by molar-refractivity contribution is 1.06. The summed E-state index contributed by atoms with van der Waals surface area (Å²) < 4.78 is 0. The monoisotopic (exact) mass is 361 g/mol. The van der Waals surface area contributed by atoms with Crippen molar-refractivity contribution in [3.05, 3.63) is 64.7 Å². The largest absolute Gasteiger partial charge is 0.383 e. The first-order valence-corrected chi connectivity index (χ1v) is 8.93. The van der Waals surface area contributed by atoms with Gasteiger partial charge in [0, 0.05) is 16.6 Å². The summed E-state index contributed by atoms with van der Waals surface area (Å²) in [7, 11) is 0. The number of anilines is 3. The molecule has 0 aliphatic carbocycles. The Morgan fingerprint density at radius 2 is 1.65 bits per heavy atom. The summed E-state index contributed by atoms with van der Waals surface area (Å²) in [4.78, 5) is 10.00. The maximum absolute atomic E-state index is 8.88. The highest BCUT2D eigenvalue weighted by Crippen LogP contribution is 2.33. The summed E-state index contributed by atoms with van der Waals surface area (Å²) in [6, 6.07) is 15.3. The summed E-state index contributed by atoms with van der Waals surface area (Å²) >= 11 is 1.58. The molecule has 0 saturated carbocycles. The fourth-order valence-electron chi connectivity index (χ4n) is 2.74. The molecular formula is C20H19N5S. The number of benzene rings is 2. The third kappa shape index (κ3) is 4.13. The molecule has 0 bridgehead atoms. The third-order valence-corrected chi connectivity index (χ3v) is 5.07. The summed E-state index contributed by atoms with van der Waals surface area (Å²) in [5.41, 5.74) is 11.0. The molecule has 3 aromatic rings. The van der Waals surface area contributed by atoms with Crippen LogP contribution in [0.25, 0.3) is 0 Å². The van der Waals surface area contributed by atoms with Crippen LogP contribution in [0.1, 0.15) is 22.3 Å². The predicted molar refractivity (Wildman–Crippen MR) is 106 cm³/mol. The van der Waals surface area contributed by atoms with Crippen molar-refractivity contribution in [2.75, 3.05) is 11.1 Å². The molecule has 26 heavy (non-hydrogen) atoms. The number of nitrogens with one attached hydrogen (secondary N) is 1. The maximum Gasteiger partial charge on any atom is 0.230 e. The fraction of sp³-hybridized carbons (Fsp3) is 0.150. The smallest absolute Gasteiger partial charge is 0.230 e. The van der Waals surface area contributed by atoms with Crippen molar-refractivity contribution in [3.63, 3.8) is 0 Å². The quantitative estimate of drug-likeness (QED) is 0.652. The molecule has 2 aromatic carbocycles. The zero-order valence-corrected chi connectivity index (χ0v) is 15.7. The number of aryl methyl sites for hydroxylation is 3. The second-order valence-electron chi connectivity index (χ2n) is 6.10. The van der Waals surface area contributed by atoms with Gasteiger partial charge in [0.2, 0.25) is 5.95 Å². The number of nitrogen functional groups attached to an aromatic ring is 1. The molecule has 1 aromatic heterocycles. The second-order valence-corrected chi connectivity index (χ2v) is 7.13. The molecule has 0 aliphatic rings. The van der Waals surface area contributed by atoms with Crippen LogP contribution in [0.5, 0.6) is 0 Å². The average molecular weight is 361 g/mol. The van der Waals surface area contributed by atoms with Gasteiger partial charge in [-0.2, -0.15) is 10.2 Å². The van der Waals surface area contributed by atoms with Gasteiger partial charge < -0.3 is 11.1 Å². The number of nitriles is 1. The molecule has 0 fully saturated rings. The Kier molecular flexibility index (Phi) is 5.10. The van der Waals surface area contributed by atoms with Gasteiger partial charge in [0.1, 0.15) is 10.8 Å². The number of aromatic nitrogens is 2. The number of hydrogen-bond acceptors (Lipinski definition) is 6. The summed E-state index contributed by atoms with van der Waals surface area (Å²) in [5.74, 6) is 0.834. The van der Waals surface area contributed by atoms with Crippen LogP contribution in [0.3, 0.4) is 0 Å². The Morgan fingerprint density at radius 3 is 2.27 bits per heavy atom. The van der Waals surface area contributed by atoms with Crippen LogP contribution in [0.15, 0.2) is 52.4 Å². The molecule has 0 radical (unpaired) electrons. The van der Waals surface area contributed by atoms with Crippen LogP contribution in [0, 0.1) is 32.1 Å². The molecule has 1 heterocycles. The van der Waals surface area contributed by atoms with E-state index in [9.17, 15) is 0 Å². The average Bonchev–Trinajstić information content (AvgIpc) is 2.58. The highest BCUT2D eigenvalue weighted by molar-refractivity contribution is 7.99. The van der Waals surface area contributed by atoms with Gasteiger partial charge in [-0.3, -0.25) is 0 Å². The maximum atomic E-state index is 8.88. The predicted octanol–water partition coefficient (Wildman–Crippen LogP) is 4.75. The van der Waals surface area contributed by atoms with Crippen LogP contribution in [-0.2, 0) is 0 Å². The Morgan fingerprint density at radius 1 is 1.00 bits per heavy atom. The Balaban J connectivity index is 1.87. The van der Waals surface area contributed by atoms with Crippen LogP contribution in [-0.4, -0.2) is 9.97 Å². The van der Waals surface area contributed by atoms with Gasteiger partial charge in [-0.1, -0.05) is 29.5 Å². The Labute approximate surface area is 157 Å². The van der Waals surface area contributed by atoms with Gasteiger partial charge in [-0.05, 0) is 56.2 Å². The van der Waals surface area contributed by atoms with Crippen LogP contribution in [0.4, 0.5) is 17.5 Å². The standard InChI is InChI=1S/C20H19N5S/c1-12-8-13(2)19(14(3)9-12)26-18-10-17(22)24-20(25-18)23-16-6-4-15(11-21)5-7-16/h4-10H,1-3H3,(H3,22,23,24,25). The van der Waals surface area contributed by atoms with Crippen LogP contribution < -0.4 is 11.1 Å². The molecule has 0 unspecified atom stereocenters. The van der Waals surface area contributed by atoms with E-state index in [1.807, 2.05) is 12.1 Å². The van der Waals surface area contributed by atoms with E-state index in [1.165, 1.54) is 21.6 Å². The highest BCUT2D eigenvalue weighted by atomic mass is 32.2. The summed E-state index contributed by atoms with van der Waals surface area (Å²) in [6.45, 7) is 6.29. The molecule has 0 saturated heterocycles. The Bertz CT molecular complexity index is 967. The minimum Gasteiger partial charge on any atom is -0.383 e. The minimum absolute atomic E-state index is 0.404. The van der Waals surface area contributed by atoms with E-state index < -0.39 is 0 Å². The fourth-order valence-corrected chi connectivity index (χ4v) is 3.70. The molecular weight excluding hydrogens is 342 g/mol. The van der Waals surface area contributed by atoms with E-state index in [2.05, 4.69) is 54.3 Å². The lowest BCUT2D eigenvalue weighted by Crippen LogP contribution is -2.01. The minimum atomic E-state index is 0.404. The molecule has 6 heteroatoms. The molecule has 0 amide bonds. The first-order chi connectivity index (χ1) is 12.4. The van der Waals surface area contributed by atoms with Crippen molar-refractivity contribution in [2.45, 2.75) is 30.7 Å². The topological polar surface area (TPSA) is 87.6 Å². The molecule has 3 rings (SSSR count). The van der Waals surface area contributed by atoms with Crippen molar-refractivity contribution in [2.24, 2.45) is 0 Å². The first-order valence-electron chi connectivity index (χ1n) is 8.12. The van der Waals surface area contributed by atoms with Gasteiger partial charge in [-0.25, -0.2) is 4.98 Å². The number of hydrogen-bond donors (Lipinski definition) is 2. The SMILES string of the molecule is Cc1cc(C)c(Sc2cc(N)nc(Nc3ccc(C#N)cc3)n2)c(C)c1. The van der Waals surface area contributed by atoms with Gasteiger partial charge in [0.25, 0.3) is 0 Å². The van der Waals surface area contributed by atoms with E-state index in [0.717, 1.165) is 10.7 Å². The van der Waals surface area contributed by atoms with Crippen molar-refractivity contribution in [1.29, 1.82) is 5.26 Å². The van der Waals surface area contributed by atoms with E-state index in [-0.39, 0.29) is 0 Å². The van der Waals surface area contributed by atoms with Crippen molar-refractivity contribution in [1.82, 2.24) is 9.97 Å².